The van der Waals surface area contributed by atoms with Crippen LogP contribution in [0.2, 0.25) is 0 Å². The largest absolute Gasteiger partial charge is 0.328 e. The van der Waals surface area contributed by atoms with Crippen LogP contribution in [0.1, 0.15) is 12.6 Å². The summed E-state index contributed by atoms with van der Waals surface area (Å²) in [5.74, 6) is 0. The van der Waals surface area contributed by atoms with E-state index >= 15 is 0 Å². The Morgan fingerprint density at radius 1 is 1.89 bits per heavy atom. The summed E-state index contributed by atoms with van der Waals surface area (Å²) in [5.41, 5.74) is 8.49. The maximum Gasteiger partial charge on any atom is 0.0794 e. The van der Waals surface area contributed by atoms with E-state index < -0.39 is 0 Å². The van der Waals surface area contributed by atoms with Crippen molar-refractivity contribution in [2.45, 2.75) is 19.4 Å². The Morgan fingerprint density at radius 3 is 3.11 bits per heavy atom. The van der Waals surface area contributed by atoms with Crippen LogP contribution in [0, 0.1) is 0 Å². The van der Waals surface area contributed by atoms with Crippen LogP contribution in [-0.4, -0.2) is 11.0 Å². The van der Waals surface area contributed by atoms with E-state index in [0.717, 1.165) is 12.1 Å². The van der Waals surface area contributed by atoms with Gasteiger partial charge in [0, 0.05) is 17.8 Å². The number of hydrogen-bond donors (Lipinski definition) is 1. The molecule has 2 nitrogen and oxygen atoms in total. The van der Waals surface area contributed by atoms with E-state index in [1.54, 1.807) is 11.3 Å². The molecule has 0 aliphatic carbocycles. The Balaban J connectivity index is 2.48. The van der Waals surface area contributed by atoms with Gasteiger partial charge in [0.2, 0.25) is 0 Å². The van der Waals surface area contributed by atoms with E-state index in [9.17, 15) is 0 Å². The van der Waals surface area contributed by atoms with Crippen molar-refractivity contribution in [3.8, 4) is 0 Å². The molecule has 1 rings (SSSR count). The summed E-state index contributed by atoms with van der Waals surface area (Å²) in [6.45, 7) is 1.99. The van der Waals surface area contributed by atoms with Gasteiger partial charge in [-0.2, -0.15) is 0 Å². The molecule has 0 saturated heterocycles. The molecule has 0 aromatic carbocycles. The van der Waals surface area contributed by atoms with Crippen molar-refractivity contribution < 1.29 is 0 Å². The summed E-state index contributed by atoms with van der Waals surface area (Å²) in [7, 11) is 0. The average Bonchev–Trinajstić information content (AvgIpc) is 2.15. The normalized spacial score (nSPS) is 13.6. The quantitative estimate of drug-likeness (QED) is 0.670. The highest BCUT2D eigenvalue weighted by atomic mass is 32.1. The molecule has 0 saturated carbocycles. The molecule has 0 spiro atoms. The molecule has 1 aromatic rings. The third-order valence-corrected chi connectivity index (χ3v) is 1.65. The van der Waals surface area contributed by atoms with Crippen LogP contribution in [0.25, 0.3) is 0 Å². The molecular weight excluding hydrogens is 132 g/mol. The molecule has 1 aromatic heterocycles. The average molecular weight is 142 g/mol. The van der Waals surface area contributed by atoms with Gasteiger partial charge in [-0.3, -0.25) is 0 Å². The monoisotopic (exact) mass is 142 g/mol. The SMILES string of the molecule is CC(N)Cc1cscn1. The second kappa shape index (κ2) is 2.94. The molecule has 0 aliphatic rings. The second-order valence-electron chi connectivity index (χ2n) is 2.16. The lowest BCUT2D eigenvalue weighted by molar-refractivity contribution is 0.726. The van der Waals surface area contributed by atoms with Crippen LogP contribution in [0.3, 0.4) is 0 Å². The lowest BCUT2D eigenvalue weighted by Gasteiger charge is -1.98. The predicted octanol–water partition coefficient (Wildman–Crippen LogP) is 1.03. The molecule has 1 unspecified atom stereocenters. The number of nitrogens with two attached hydrogens (primary N) is 1. The molecule has 3 heteroatoms. The maximum atomic E-state index is 5.55. The lowest BCUT2D eigenvalue weighted by atomic mass is 10.2. The second-order valence-corrected chi connectivity index (χ2v) is 2.88. The van der Waals surface area contributed by atoms with E-state index in [1.807, 2.05) is 17.8 Å². The van der Waals surface area contributed by atoms with E-state index in [0.29, 0.717) is 0 Å². The van der Waals surface area contributed by atoms with Gasteiger partial charge in [0.05, 0.1) is 11.2 Å². The molecule has 9 heavy (non-hydrogen) atoms. The first-order valence-corrected chi connectivity index (χ1v) is 3.86. The number of hydrogen-bond acceptors (Lipinski definition) is 3. The van der Waals surface area contributed by atoms with Crippen LogP contribution < -0.4 is 5.73 Å². The van der Waals surface area contributed by atoms with E-state index in [1.165, 1.54) is 0 Å². The van der Waals surface area contributed by atoms with Gasteiger partial charge in [-0.1, -0.05) is 0 Å². The molecule has 50 valence electrons. The van der Waals surface area contributed by atoms with Crippen molar-refractivity contribution in [1.82, 2.24) is 4.98 Å². The Hall–Kier alpha value is -0.410. The Labute approximate surface area is 58.7 Å². The van der Waals surface area contributed by atoms with Crippen LogP contribution in [-0.2, 0) is 6.42 Å². The van der Waals surface area contributed by atoms with E-state index in [4.69, 9.17) is 5.73 Å². The van der Waals surface area contributed by atoms with Gasteiger partial charge in [-0.05, 0) is 6.92 Å². The van der Waals surface area contributed by atoms with Gasteiger partial charge in [0.15, 0.2) is 0 Å². The van der Waals surface area contributed by atoms with Gasteiger partial charge >= 0.3 is 0 Å². The van der Waals surface area contributed by atoms with Gasteiger partial charge in [-0.25, -0.2) is 4.98 Å². The zero-order valence-electron chi connectivity index (χ0n) is 5.37. The van der Waals surface area contributed by atoms with Gasteiger partial charge in [0.1, 0.15) is 0 Å². The van der Waals surface area contributed by atoms with Crippen LogP contribution >= 0.6 is 11.3 Å². The minimum atomic E-state index is 0.229. The van der Waals surface area contributed by atoms with Crippen molar-refractivity contribution in [2.75, 3.05) is 0 Å². The third kappa shape index (κ3) is 2.11. The molecule has 0 bridgehead atoms. The minimum absolute atomic E-state index is 0.229. The van der Waals surface area contributed by atoms with Gasteiger partial charge in [0.25, 0.3) is 0 Å². The van der Waals surface area contributed by atoms with Crippen molar-refractivity contribution in [2.24, 2.45) is 5.73 Å². The maximum absolute atomic E-state index is 5.55. The molecule has 0 fully saturated rings. The highest BCUT2D eigenvalue weighted by Crippen LogP contribution is 2.02. The Bertz CT molecular complexity index is 158. The molecule has 2 N–H and O–H groups in total. The van der Waals surface area contributed by atoms with Gasteiger partial charge < -0.3 is 5.73 Å². The summed E-state index contributed by atoms with van der Waals surface area (Å²) in [6, 6.07) is 0.229. The first-order valence-electron chi connectivity index (χ1n) is 2.91. The minimum Gasteiger partial charge on any atom is -0.328 e. The highest BCUT2D eigenvalue weighted by Gasteiger charge is 1.97. The summed E-state index contributed by atoms with van der Waals surface area (Å²) >= 11 is 1.61. The fraction of sp³-hybridized carbons (Fsp3) is 0.500. The van der Waals surface area contributed by atoms with E-state index in [-0.39, 0.29) is 6.04 Å². The fourth-order valence-electron chi connectivity index (χ4n) is 0.668. The number of rotatable bonds is 2. The summed E-state index contributed by atoms with van der Waals surface area (Å²) in [6.07, 6.45) is 0.892. The van der Waals surface area contributed by atoms with E-state index in [2.05, 4.69) is 4.98 Å². The highest BCUT2D eigenvalue weighted by molar-refractivity contribution is 7.07. The zero-order valence-corrected chi connectivity index (χ0v) is 6.19. The summed E-state index contributed by atoms with van der Waals surface area (Å²) in [5, 5.41) is 2.03. The van der Waals surface area contributed by atoms with Crippen molar-refractivity contribution >= 4 is 11.3 Å². The van der Waals surface area contributed by atoms with Crippen molar-refractivity contribution in [1.29, 1.82) is 0 Å². The topological polar surface area (TPSA) is 38.9 Å². The summed E-state index contributed by atoms with van der Waals surface area (Å²) < 4.78 is 0. The summed E-state index contributed by atoms with van der Waals surface area (Å²) in [4.78, 5) is 4.09. The zero-order chi connectivity index (χ0) is 6.69. The molecule has 0 radical (unpaired) electrons. The number of aromatic nitrogens is 1. The van der Waals surface area contributed by atoms with Crippen molar-refractivity contribution in [3.05, 3.63) is 16.6 Å². The lowest BCUT2D eigenvalue weighted by Crippen LogP contribution is -2.17. The smallest absolute Gasteiger partial charge is 0.0794 e. The third-order valence-electron chi connectivity index (χ3n) is 1.01. The van der Waals surface area contributed by atoms with Crippen LogP contribution in [0.15, 0.2) is 10.9 Å². The molecule has 1 atom stereocenters. The van der Waals surface area contributed by atoms with Crippen molar-refractivity contribution in [3.63, 3.8) is 0 Å². The molecule has 0 aliphatic heterocycles. The number of nitrogens with zero attached hydrogens (tertiary/aromatic N) is 1. The first kappa shape index (κ1) is 6.71. The van der Waals surface area contributed by atoms with Crippen LogP contribution in [0.4, 0.5) is 0 Å². The molecule has 0 amide bonds. The number of thiazole rings is 1. The molecular formula is C6H10N2S. The van der Waals surface area contributed by atoms with Gasteiger partial charge in [-0.15, -0.1) is 11.3 Å². The predicted molar refractivity (Wildman–Crippen MR) is 39.5 cm³/mol. The molecule has 1 heterocycles. The standard InChI is InChI=1S/C6H10N2S/c1-5(7)2-6-3-9-4-8-6/h3-5H,2,7H2,1H3. The van der Waals surface area contributed by atoms with Crippen LogP contribution in [0.5, 0.6) is 0 Å². The Kier molecular flexibility index (Phi) is 2.19. The fourth-order valence-corrected chi connectivity index (χ4v) is 1.24. The first-order chi connectivity index (χ1) is 4.29. The Morgan fingerprint density at radius 2 is 2.67 bits per heavy atom.